The van der Waals surface area contributed by atoms with Crippen molar-refractivity contribution in [1.82, 2.24) is 4.90 Å². The number of nitro benzene ring substituents is 1. The molecule has 0 bridgehead atoms. The largest absolute Gasteiger partial charge is 0.452 e. The molecule has 2 aromatic rings. The number of hydrogen-bond donors (Lipinski definition) is 0. The standard InChI is InChI=1S/C20H23N3O5/c1-14(15-8-6-5-7-9-15)22(4)19(24)13-28-20(25)16-10-11-17(21(2)3)18(12-16)23(26)27/h5-12,14H,13H2,1-4H3/t14-/m1/s1. The van der Waals surface area contributed by atoms with E-state index < -0.39 is 17.5 Å². The third kappa shape index (κ3) is 4.85. The van der Waals surface area contributed by atoms with E-state index in [9.17, 15) is 19.7 Å². The molecule has 8 nitrogen and oxygen atoms in total. The molecule has 0 aliphatic carbocycles. The molecule has 8 heteroatoms. The summed E-state index contributed by atoms with van der Waals surface area (Å²) < 4.78 is 5.07. The maximum Gasteiger partial charge on any atom is 0.338 e. The SMILES string of the molecule is C[C@H](c1ccccc1)N(C)C(=O)COC(=O)c1ccc(N(C)C)c([N+](=O)[O-])c1. The highest BCUT2D eigenvalue weighted by atomic mass is 16.6. The number of esters is 1. The molecule has 0 heterocycles. The molecule has 2 aromatic carbocycles. The van der Waals surface area contributed by atoms with Crippen LogP contribution < -0.4 is 4.90 Å². The molecule has 0 radical (unpaired) electrons. The van der Waals surface area contributed by atoms with E-state index in [1.54, 1.807) is 26.0 Å². The molecule has 148 valence electrons. The molecule has 0 aliphatic rings. The average molecular weight is 385 g/mol. The van der Waals surface area contributed by atoms with Gasteiger partial charge in [0.05, 0.1) is 16.5 Å². The third-order valence-corrected chi connectivity index (χ3v) is 4.47. The molecule has 1 amide bonds. The number of nitrogens with zero attached hydrogens (tertiary/aromatic N) is 3. The van der Waals surface area contributed by atoms with Crippen molar-refractivity contribution in [3.63, 3.8) is 0 Å². The van der Waals surface area contributed by atoms with Crippen LogP contribution in [0, 0.1) is 10.1 Å². The Hall–Kier alpha value is -3.42. The number of carbonyl (C=O) groups excluding carboxylic acids is 2. The van der Waals surface area contributed by atoms with Gasteiger partial charge in [-0.3, -0.25) is 14.9 Å². The summed E-state index contributed by atoms with van der Waals surface area (Å²) in [5.41, 5.74) is 1.14. The highest BCUT2D eigenvalue weighted by molar-refractivity contribution is 5.93. The Morgan fingerprint density at radius 3 is 2.32 bits per heavy atom. The first-order valence-electron chi connectivity index (χ1n) is 8.66. The molecule has 28 heavy (non-hydrogen) atoms. The Morgan fingerprint density at radius 1 is 1.11 bits per heavy atom. The molecule has 0 spiro atoms. The number of nitro groups is 1. The number of carbonyl (C=O) groups is 2. The van der Waals surface area contributed by atoms with Crippen molar-refractivity contribution in [2.45, 2.75) is 13.0 Å². The quantitative estimate of drug-likeness (QED) is 0.413. The molecule has 0 N–H and O–H groups in total. The zero-order valence-electron chi connectivity index (χ0n) is 16.3. The Morgan fingerprint density at radius 2 is 1.75 bits per heavy atom. The first kappa shape index (κ1) is 20.9. The van der Waals surface area contributed by atoms with Crippen molar-refractivity contribution in [2.75, 3.05) is 32.6 Å². The summed E-state index contributed by atoms with van der Waals surface area (Å²) in [7, 11) is 4.97. The van der Waals surface area contributed by atoms with Crippen molar-refractivity contribution in [2.24, 2.45) is 0 Å². The fourth-order valence-electron chi connectivity index (χ4n) is 2.66. The van der Waals surface area contributed by atoms with Crippen molar-refractivity contribution in [1.29, 1.82) is 0 Å². The minimum absolute atomic E-state index is 0.0175. The summed E-state index contributed by atoms with van der Waals surface area (Å²) in [6.07, 6.45) is 0. The number of benzene rings is 2. The van der Waals surface area contributed by atoms with Crippen LogP contribution in [0.5, 0.6) is 0 Å². The number of anilines is 1. The van der Waals surface area contributed by atoms with Gasteiger partial charge in [0.25, 0.3) is 11.6 Å². The van der Waals surface area contributed by atoms with E-state index in [1.807, 2.05) is 37.3 Å². The maximum atomic E-state index is 12.3. The van der Waals surface area contributed by atoms with Crippen LogP contribution in [0.4, 0.5) is 11.4 Å². The van der Waals surface area contributed by atoms with E-state index in [0.717, 1.165) is 11.6 Å². The summed E-state index contributed by atoms with van der Waals surface area (Å²) in [5, 5.41) is 11.2. The minimum atomic E-state index is -0.789. The van der Waals surface area contributed by atoms with Crippen LogP contribution in [0.25, 0.3) is 0 Å². The van der Waals surface area contributed by atoms with Crippen LogP contribution >= 0.6 is 0 Å². The predicted octanol–water partition coefficient (Wildman–Crippen LogP) is 3.04. The van der Waals surface area contributed by atoms with Crippen LogP contribution in [0.2, 0.25) is 0 Å². The van der Waals surface area contributed by atoms with Gasteiger partial charge in [-0.15, -0.1) is 0 Å². The summed E-state index contributed by atoms with van der Waals surface area (Å²) in [6.45, 7) is 1.42. The van der Waals surface area contributed by atoms with Crippen LogP contribution in [0.15, 0.2) is 48.5 Å². The number of hydrogen-bond acceptors (Lipinski definition) is 6. The lowest BCUT2D eigenvalue weighted by Crippen LogP contribution is -2.33. The molecule has 0 aliphatic heterocycles. The van der Waals surface area contributed by atoms with Crippen LogP contribution in [0.3, 0.4) is 0 Å². The van der Waals surface area contributed by atoms with E-state index in [1.165, 1.54) is 17.0 Å². The monoisotopic (exact) mass is 385 g/mol. The Bertz CT molecular complexity index is 867. The average Bonchev–Trinajstić information content (AvgIpc) is 2.70. The van der Waals surface area contributed by atoms with Gasteiger partial charge < -0.3 is 14.5 Å². The van der Waals surface area contributed by atoms with Crippen molar-refractivity contribution >= 4 is 23.3 Å². The first-order valence-corrected chi connectivity index (χ1v) is 8.66. The van der Waals surface area contributed by atoms with Gasteiger partial charge in [-0.2, -0.15) is 0 Å². The van der Waals surface area contributed by atoms with Crippen molar-refractivity contribution < 1.29 is 19.2 Å². The van der Waals surface area contributed by atoms with Gasteiger partial charge in [-0.25, -0.2) is 4.79 Å². The highest BCUT2D eigenvalue weighted by Crippen LogP contribution is 2.28. The predicted molar refractivity (Wildman–Crippen MR) is 105 cm³/mol. The Balaban J connectivity index is 2.04. The Kier molecular flexibility index (Phi) is 6.70. The fourth-order valence-corrected chi connectivity index (χ4v) is 2.66. The summed E-state index contributed by atoms with van der Waals surface area (Å²) >= 11 is 0. The van der Waals surface area contributed by atoms with E-state index in [-0.39, 0.29) is 23.2 Å². The van der Waals surface area contributed by atoms with Gasteiger partial charge in [0, 0.05) is 27.2 Å². The fraction of sp³-hybridized carbons (Fsp3) is 0.300. The molecule has 2 rings (SSSR count). The molecule has 0 unspecified atom stereocenters. The molecule has 0 aromatic heterocycles. The normalized spacial score (nSPS) is 11.4. The van der Waals surface area contributed by atoms with Crippen LogP contribution in [-0.4, -0.2) is 49.4 Å². The summed E-state index contributed by atoms with van der Waals surface area (Å²) in [4.78, 5) is 38.3. The Labute approximate surface area is 163 Å². The van der Waals surface area contributed by atoms with Crippen LogP contribution in [-0.2, 0) is 9.53 Å². The zero-order chi connectivity index (χ0) is 20.8. The van der Waals surface area contributed by atoms with E-state index in [4.69, 9.17) is 4.74 Å². The van der Waals surface area contributed by atoms with Crippen molar-refractivity contribution in [3.8, 4) is 0 Å². The minimum Gasteiger partial charge on any atom is -0.452 e. The van der Waals surface area contributed by atoms with Gasteiger partial charge in [-0.05, 0) is 24.6 Å². The zero-order valence-corrected chi connectivity index (χ0v) is 16.3. The van der Waals surface area contributed by atoms with E-state index >= 15 is 0 Å². The second-order valence-electron chi connectivity index (χ2n) is 6.52. The van der Waals surface area contributed by atoms with Gasteiger partial charge >= 0.3 is 5.97 Å². The van der Waals surface area contributed by atoms with Gasteiger partial charge in [0.1, 0.15) is 5.69 Å². The van der Waals surface area contributed by atoms with Gasteiger partial charge in [-0.1, -0.05) is 30.3 Å². The maximum absolute atomic E-state index is 12.3. The molecular formula is C20H23N3O5. The van der Waals surface area contributed by atoms with E-state index in [2.05, 4.69) is 0 Å². The lowest BCUT2D eigenvalue weighted by Gasteiger charge is -2.25. The lowest BCUT2D eigenvalue weighted by atomic mass is 10.1. The van der Waals surface area contributed by atoms with Crippen molar-refractivity contribution in [3.05, 3.63) is 69.8 Å². The first-order chi connectivity index (χ1) is 13.2. The smallest absolute Gasteiger partial charge is 0.338 e. The van der Waals surface area contributed by atoms with Gasteiger partial charge in [0.2, 0.25) is 0 Å². The molecule has 1 atom stereocenters. The second kappa shape index (κ2) is 8.98. The number of ether oxygens (including phenoxy) is 1. The number of likely N-dealkylation sites (N-methyl/N-ethyl adjacent to an activating group) is 1. The van der Waals surface area contributed by atoms with E-state index in [0.29, 0.717) is 5.69 Å². The molecule has 0 fully saturated rings. The highest BCUT2D eigenvalue weighted by Gasteiger charge is 2.22. The molecule has 0 saturated heterocycles. The number of amides is 1. The number of rotatable bonds is 7. The summed E-state index contributed by atoms with van der Waals surface area (Å²) in [6, 6.07) is 13.3. The molecule has 0 saturated carbocycles. The van der Waals surface area contributed by atoms with Crippen LogP contribution in [0.1, 0.15) is 28.9 Å². The molecular weight excluding hydrogens is 362 g/mol. The summed E-state index contributed by atoms with van der Waals surface area (Å²) in [5.74, 6) is -1.16. The second-order valence-corrected chi connectivity index (χ2v) is 6.52. The third-order valence-electron chi connectivity index (χ3n) is 4.47. The topological polar surface area (TPSA) is 93.0 Å². The lowest BCUT2D eigenvalue weighted by molar-refractivity contribution is -0.384. The van der Waals surface area contributed by atoms with Gasteiger partial charge in [0.15, 0.2) is 6.61 Å².